The molecular weight excluding hydrogens is 188 g/mol. The van der Waals surface area contributed by atoms with Crippen molar-refractivity contribution < 1.29 is 0 Å². The minimum absolute atomic E-state index is 0.520. The van der Waals surface area contributed by atoms with E-state index in [1.54, 1.807) is 0 Å². The largest absolute Gasteiger partial charge is 0.158 e. The molecule has 14 heavy (non-hydrogen) atoms. The average Bonchev–Trinajstić information content (AvgIpc) is 2.14. The van der Waals surface area contributed by atoms with Crippen molar-refractivity contribution in [1.29, 1.82) is 0 Å². The zero-order chi connectivity index (χ0) is 10.6. The Labute approximate surface area is 94.2 Å². The highest BCUT2D eigenvalue weighted by Crippen LogP contribution is 2.43. The van der Waals surface area contributed by atoms with Crippen LogP contribution in [0.5, 0.6) is 0 Å². The van der Waals surface area contributed by atoms with Gasteiger partial charge in [0.25, 0.3) is 0 Å². The Morgan fingerprint density at radius 2 is 1.79 bits per heavy atom. The molecule has 1 aliphatic rings. The van der Waals surface area contributed by atoms with Gasteiger partial charge in [0.15, 0.2) is 0 Å². The van der Waals surface area contributed by atoms with Gasteiger partial charge in [0, 0.05) is 5.25 Å². The summed E-state index contributed by atoms with van der Waals surface area (Å²) < 4.78 is 0. The maximum atomic E-state index is 2.42. The van der Waals surface area contributed by atoms with Crippen LogP contribution in [-0.4, -0.2) is 11.0 Å². The lowest BCUT2D eigenvalue weighted by atomic mass is 9.72. The molecule has 2 unspecified atom stereocenters. The van der Waals surface area contributed by atoms with Crippen LogP contribution in [0.3, 0.4) is 0 Å². The van der Waals surface area contributed by atoms with Crippen LogP contribution in [0.15, 0.2) is 0 Å². The summed E-state index contributed by atoms with van der Waals surface area (Å²) in [7, 11) is 0. The Hall–Kier alpha value is 0.350. The number of thioether (sulfide) groups is 1. The van der Waals surface area contributed by atoms with E-state index in [0.29, 0.717) is 5.41 Å². The zero-order valence-corrected chi connectivity index (χ0v) is 11.1. The molecule has 1 aliphatic carbocycles. The van der Waals surface area contributed by atoms with Gasteiger partial charge in [-0.2, -0.15) is 11.8 Å². The lowest BCUT2D eigenvalue weighted by Gasteiger charge is -2.40. The van der Waals surface area contributed by atoms with Crippen LogP contribution in [0.4, 0.5) is 0 Å². The molecule has 0 aromatic heterocycles. The highest BCUT2D eigenvalue weighted by molar-refractivity contribution is 7.99. The normalized spacial score (nSPS) is 29.1. The second-order valence-corrected chi connectivity index (χ2v) is 7.01. The predicted molar refractivity (Wildman–Crippen MR) is 68.0 cm³/mol. The van der Waals surface area contributed by atoms with Gasteiger partial charge in [0.1, 0.15) is 0 Å². The van der Waals surface area contributed by atoms with Gasteiger partial charge < -0.3 is 0 Å². The van der Waals surface area contributed by atoms with Crippen molar-refractivity contribution in [3.05, 3.63) is 0 Å². The summed E-state index contributed by atoms with van der Waals surface area (Å²) in [4.78, 5) is 0. The zero-order valence-electron chi connectivity index (χ0n) is 10.3. The minimum atomic E-state index is 0.520. The van der Waals surface area contributed by atoms with E-state index in [1.165, 1.54) is 37.9 Å². The third-order valence-corrected chi connectivity index (χ3v) is 4.99. The first kappa shape index (κ1) is 12.4. The van der Waals surface area contributed by atoms with E-state index in [1.807, 2.05) is 0 Å². The van der Waals surface area contributed by atoms with Crippen molar-refractivity contribution in [2.75, 3.05) is 5.75 Å². The monoisotopic (exact) mass is 214 g/mol. The molecule has 1 rings (SSSR count). The number of hydrogen-bond donors (Lipinski definition) is 0. The Kier molecular flexibility index (Phi) is 4.82. The molecular formula is C13H26S. The van der Waals surface area contributed by atoms with Gasteiger partial charge in [-0.1, -0.05) is 40.5 Å². The molecule has 84 valence electrons. The van der Waals surface area contributed by atoms with E-state index < -0.39 is 0 Å². The summed E-state index contributed by atoms with van der Waals surface area (Å²) in [6.07, 6.45) is 7.19. The van der Waals surface area contributed by atoms with Crippen molar-refractivity contribution in [1.82, 2.24) is 0 Å². The molecule has 0 bridgehead atoms. The molecule has 0 N–H and O–H groups in total. The van der Waals surface area contributed by atoms with Gasteiger partial charge in [-0.15, -0.1) is 0 Å². The van der Waals surface area contributed by atoms with Crippen molar-refractivity contribution >= 4 is 11.8 Å². The van der Waals surface area contributed by atoms with Crippen molar-refractivity contribution in [2.45, 2.75) is 65.0 Å². The van der Waals surface area contributed by atoms with Crippen LogP contribution in [-0.2, 0) is 0 Å². The summed E-state index contributed by atoms with van der Waals surface area (Å²) in [5.41, 5.74) is 0.520. The van der Waals surface area contributed by atoms with Crippen LogP contribution in [0.25, 0.3) is 0 Å². The Bertz CT molecular complexity index is 157. The molecule has 2 atom stereocenters. The second kappa shape index (κ2) is 5.44. The van der Waals surface area contributed by atoms with Gasteiger partial charge in [-0.25, -0.2) is 0 Å². The smallest absolute Gasteiger partial charge is 0.00803 e. The van der Waals surface area contributed by atoms with Crippen molar-refractivity contribution in [3.8, 4) is 0 Å². The van der Waals surface area contributed by atoms with Crippen LogP contribution >= 0.6 is 11.8 Å². The Morgan fingerprint density at radius 3 is 2.36 bits per heavy atom. The summed E-state index contributed by atoms with van der Waals surface area (Å²) in [6, 6.07) is 0. The minimum Gasteiger partial charge on any atom is -0.158 e. The van der Waals surface area contributed by atoms with E-state index in [-0.39, 0.29) is 0 Å². The number of hydrogen-bond acceptors (Lipinski definition) is 1. The van der Waals surface area contributed by atoms with E-state index in [9.17, 15) is 0 Å². The molecule has 0 nitrogen and oxygen atoms in total. The lowest BCUT2D eigenvalue weighted by molar-refractivity contribution is 0.187. The molecule has 1 heteroatoms. The van der Waals surface area contributed by atoms with Crippen LogP contribution in [0, 0.1) is 11.3 Å². The van der Waals surface area contributed by atoms with Gasteiger partial charge in [-0.05, 0) is 36.3 Å². The van der Waals surface area contributed by atoms with E-state index in [4.69, 9.17) is 0 Å². The highest BCUT2D eigenvalue weighted by Gasteiger charge is 2.33. The van der Waals surface area contributed by atoms with Gasteiger partial charge >= 0.3 is 0 Å². The third-order valence-electron chi connectivity index (χ3n) is 3.35. The molecule has 0 aromatic rings. The maximum absolute atomic E-state index is 2.42. The summed E-state index contributed by atoms with van der Waals surface area (Å²) >= 11 is 2.23. The predicted octanol–water partition coefficient (Wildman–Crippen LogP) is 4.73. The quantitative estimate of drug-likeness (QED) is 0.654. The van der Waals surface area contributed by atoms with Gasteiger partial charge in [-0.3, -0.25) is 0 Å². The van der Waals surface area contributed by atoms with Crippen molar-refractivity contribution in [3.63, 3.8) is 0 Å². The van der Waals surface area contributed by atoms with Crippen molar-refractivity contribution in [2.24, 2.45) is 11.3 Å². The fourth-order valence-electron chi connectivity index (χ4n) is 2.56. The van der Waals surface area contributed by atoms with Gasteiger partial charge in [0.2, 0.25) is 0 Å². The van der Waals surface area contributed by atoms with E-state index in [0.717, 1.165) is 11.2 Å². The first-order valence-corrected chi connectivity index (χ1v) is 7.22. The molecule has 0 spiro atoms. The third kappa shape index (κ3) is 3.49. The van der Waals surface area contributed by atoms with Crippen LogP contribution in [0.2, 0.25) is 0 Å². The maximum Gasteiger partial charge on any atom is 0.00803 e. The fourth-order valence-corrected chi connectivity index (χ4v) is 4.20. The van der Waals surface area contributed by atoms with E-state index in [2.05, 4.69) is 39.5 Å². The molecule has 0 aliphatic heterocycles. The summed E-state index contributed by atoms with van der Waals surface area (Å²) in [5.74, 6) is 2.31. The Morgan fingerprint density at radius 1 is 1.14 bits per heavy atom. The van der Waals surface area contributed by atoms with Crippen LogP contribution in [0.1, 0.15) is 59.8 Å². The molecule has 1 fully saturated rings. The molecule has 0 saturated heterocycles. The first-order chi connectivity index (χ1) is 6.55. The standard InChI is InChI=1S/C13H26S/c1-5-10-14-12-9-7-6-8-11(12)13(2,3)4/h11-12H,5-10H2,1-4H3. The molecule has 1 saturated carbocycles. The highest BCUT2D eigenvalue weighted by atomic mass is 32.2. The summed E-state index contributed by atoms with van der Waals surface area (Å²) in [5, 5.41) is 0.948. The molecule has 0 radical (unpaired) electrons. The molecule has 0 heterocycles. The fraction of sp³-hybridized carbons (Fsp3) is 1.00. The molecule has 0 aromatic carbocycles. The van der Waals surface area contributed by atoms with Gasteiger partial charge in [0.05, 0.1) is 0 Å². The Balaban J connectivity index is 2.50. The molecule has 0 amide bonds. The van der Waals surface area contributed by atoms with Crippen LogP contribution < -0.4 is 0 Å². The average molecular weight is 214 g/mol. The SMILES string of the molecule is CCCSC1CCCCC1C(C)(C)C. The van der Waals surface area contributed by atoms with E-state index >= 15 is 0 Å². The summed E-state index contributed by atoms with van der Waals surface area (Å²) in [6.45, 7) is 9.55. The topological polar surface area (TPSA) is 0 Å². The lowest BCUT2D eigenvalue weighted by Crippen LogP contribution is -2.33. The first-order valence-electron chi connectivity index (χ1n) is 6.17. The second-order valence-electron chi connectivity index (χ2n) is 5.67. The number of rotatable bonds is 3.